The number of nitrogens with one attached hydrogen (secondary N) is 1. The first kappa shape index (κ1) is 21.9. The molecule has 1 atom stereocenters. The first-order chi connectivity index (χ1) is 12.1. The molecule has 0 saturated heterocycles. The zero-order valence-electron chi connectivity index (χ0n) is 16.7. The third-order valence-electron chi connectivity index (χ3n) is 5.45. The van der Waals surface area contributed by atoms with E-state index in [-0.39, 0.29) is 5.91 Å². The largest absolute Gasteiger partial charge is 0.351 e. The van der Waals surface area contributed by atoms with Crippen LogP contribution >= 0.6 is 0 Å². The van der Waals surface area contributed by atoms with E-state index in [1.54, 1.807) is 6.92 Å². The smallest absolute Gasteiger partial charge is 0.217 e. The van der Waals surface area contributed by atoms with E-state index in [4.69, 9.17) is 4.99 Å². The summed E-state index contributed by atoms with van der Waals surface area (Å²) >= 11 is 0. The SMILES string of the molecule is C=CCCCCCCCCCCC1=NCC[N+]1(CC)CCNC(C)=O. The zero-order chi connectivity index (χ0) is 18.4. The van der Waals surface area contributed by atoms with Gasteiger partial charge in [0, 0.05) is 13.3 Å². The fraction of sp³-hybridized carbons (Fsp3) is 0.810. The van der Waals surface area contributed by atoms with Gasteiger partial charge in [0.05, 0.1) is 19.6 Å². The standard InChI is InChI=1S/C21H39N3O/c1-4-6-7-8-9-10-11-12-13-14-15-21-23-17-19-24(21,5-2)18-16-22-20(3)25/h4H,1,5-19H2,2-3H3/p+1. The highest BCUT2D eigenvalue weighted by molar-refractivity contribution is 5.77. The van der Waals surface area contributed by atoms with Crippen LogP contribution in [0.3, 0.4) is 0 Å². The molecule has 1 aliphatic heterocycles. The van der Waals surface area contributed by atoms with Crippen molar-refractivity contribution >= 4 is 11.7 Å². The van der Waals surface area contributed by atoms with Crippen molar-refractivity contribution in [3.8, 4) is 0 Å². The van der Waals surface area contributed by atoms with Crippen LogP contribution in [0.5, 0.6) is 0 Å². The van der Waals surface area contributed by atoms with E-state index < -0.39 is 0 Å². The van der Waals surface area contributed by atoms with Gasteiger partial charge in [-0.15, -0.1) is 6.58 Å². The lowest BCUT2D eigenvalue weighted by Gasteiger charge is -2.33. The highest BCUT2D eigenvalue weighted by Gasteiger charge is 2.35. The van der Waals surface area contributed by atoms with Crippen LogP contribution in [0, 0.1) is 0 Å². The molecule has 0 bridgehead atoms. The van der Waals surface area contributed by atoms with Gasteiger partial charge in [0.2, 0.25) is 5.91 Å². The Labute approximate surface area is 155 Å². The van der Waals surface area contributed by atoms with Gasteiger partial charge in [-0.3, -0.25) is 9.28 Å². The van der Waals surface area contributed by atoms with Crippen molar-refractivity contribution in [1.82, 2.24) is 5.32 Å². The molecule has 4 heteroatoms. The maximum absolute atomic E-state index is 11.1. The summed E-state index contributed by atoms with van der Waals surface area (Å²) in [6.45, 7) is 12.5. The molecule has 0 fully saturated rings. The van der Waals surface area contributed by atoms with Crippen LogP contribution in [0.4, 0.5) is 0 Å². The Kier molecular flexibility index (Phi) is 11.5. The summed E-state index contributed by atoms with van der Waals surface area (Å²) in [7, 11) is 0. The molecule has 1 heterocycles. The molecule has 0 aromatic rings. The highest BCUT2D eigenvalue weighted by Crippen LogP contribution is 2.20. The van der Waals surface area contributed by atoms with Crippen molar-refractivity contribution < 1.29 is 9.28 Å². The van der Waals surface area contributed by atoms with Gasteiger partial charge in [-0.05, 0) is 26.2 Å². The fourth-order valence-corrected chi connectivity index (χ4v) is 3.78. The van der Waals surface area contributed by atoms with Gasteiger partial charge >= 0.3 is 0 Å². The Morgan fingerprint density at radius 3 is 2.40 bits per heavy atom. The number of hydrogen-bond donors (Lipinski definition) is 1. The van der Waals surface area contributed by atoms with Crippen molar-refractivity contribution in [2.75, 3.05) is 32.7 Å². The molecule has 1 unspecified atom stereocenters. The summed E-state index contributed by atoms with van der Waals surface area (Å²) in [5.41, 5.74) is 0. The Balaban J connectivity index is 2.15. The summed E-state index contributed by atoms with van der Waals surface area (Å²) in [5, 5.41) is 2.95. The van der Waals surface area contributed by atoms with E-state index in [0.717, 1.165) is 43.6 Å². The van der Waals surface area contributed by atoms with Gasteiger partial charge in [-0.25, -0.2) is 4.99 Å². The minimum atomic E-state index is 0.0661. The first-order valence-electron chi connectivity index (χ1n) is 10.4. The lowest BCUT2D eigenvalue weighted by molar-refractivity contribution is -0.833. The monoisotopic (exact) mass is 350 g/mol. The maximum atomic E-state index is 11.1. The molecule has 25 heavy (non-hydrogen) atoms. The molecule has 0 spiro atoms. The third kappa shape index (κ3) is 8.66. The van der Waals surface area contributed by atoms with Crippen molar-refractivity contribution in [1.29, 1.82) is 0 Å². The van der Waals surface area contributed by atoms with Crippen LogP contribution in [0.1, 0.15) is 78.1 Å². The van der Waals surface area contributed by atoms with E-state index in [9.17, 15) is 4.79 Å². The molecule has 1 rings (SSSR count). The van der Waals surface area contributed by atoms with Crippen LogP contribution in [0.15, 0.2) is 17.6 Å². The molecule has 1 aliphatic rings. The van der Waals surface area contributed by atoms with Crippen molar-refractivity contribution in [2.24, 2.45) is 4.99 Å². The first-order valence-corrected chi connectivity index (χ1v) is 10.4. The maximum Gasteiger partial charge on any atom is 0.217 e. The third-order valence-corrected chi connectivity index (χ3v) is 5.45. The summed E-state index contributed by atoms with van der Waals surface area (Å²) in [6, 6.07) is 0. The number of hydrogen-bond acceptors (Lipinski definition) is 2. The summed E-state index contributed by atoms with van der Waals surface area (Å²) < 4.78 is 0.990. The topological polar surface area (TPSA) is 41.5 Å². The van der Waals surface area contributed by atoms with Gasteiger partial charge in [-0.2, -0.15) is 0 Å². The normalized spacial score (nSPS) is 19.7. The molecule has 1 amide bonds. The zero-order valence-corrected chi connectivity index (χ0v) is 16.7. The van der Waals surface area contributed by atoms with Gasteiger partial charge in [0.15, 0.2) is 5.84 Å². The second kappa shape index (κ2) is 13.1. The van der Waals surface area contributed by atoms with Gasteiger partial charge in [-0.1, -0.05) is 44.6 Å². The molecule has 144 valence electrons. The van der Waals surface area contributed by atoms with E-state index in [0.29, 0.717) is 0 Å². The van der Waals surface area contributed by atoms with Gasteiger partial charge in [0.1, 0.15) is 13.1 Å². The number of amides is 1. The Morgan fingerprint density at radius 1 is 1.16 bits per heavy atom. The van der Waals surface area contributed by atoms with Crippen LogP contribution in [-0.2, 0) is 4.79 Å². The molecule has 0 aromatic carbocycles. The molecular weight excluding hydrogens is 310 g/mol. The summed E-state index contributed by atoms with van der Waals surface area (Å²) in [5.74, 6) is 1.44. The predicted octanol–water partition coefficient (Wildman–Crippen LogP) is 4.46. The second-order valence-corrected chi connectivity index (χ2v) is 7.35. The molecule has 0 aliphatic carbocycles. The number of rotatable bonds is 15. The Hall–Kier alpha value is -1.16. The van der Waals surface area contributed by atoms with Crippen LogP contribution in [0.2, 0.25) is 0 Å². The number of unbranched alkanes of at least 4 members (excludes halogenated alkanes) is 8. The lowest BCUT2D eigenvalue weighted by atomic mass is 10.1. The van der Waals surface area contributed by atoms with Crippen molar-refractivity contribution in [3.63, 3.8) is 0 Å². The second-order valence-electron chi connectivity index (χ2n) is 7.35. The summed E-state index contributed by atoms with van der Waals surface area (Å²) in [4.78, 5) is 15.9. The lowest BCUT2D eigenvalue weighted by Crippen LogP contribution is -2.54. The number of allylic oxidation sites excluding steroid dienone is 1. The predicted molar refractivity (Wildman–Crippen MR) is 108 cm³/mol. The van der Waals surface area contributed by atoms with Crippen LogP contribution in [-0.4, -0.2) is 48.9 Å². The number of nitrogens with zero attached hydrogens (tertiary/aromatic N) is 2. The van der Waals surface area contributed by atoms with Crippen molar-refractivity contribution in [3.05, 3.63) is 12.7 Å². The minimum absolute atomic E-state index is 0.0661. The number of likely N-dealkylation sites (N-methyl/N-ethyl adjacent to an activating group) is 1. The quantitative estimate of drug-likeness (QED) is 0.264. The van der Waals surface area contributed by atoms with E-state index in [1.807, 2.05) is 6.08 Å². The average molecular weight is 351 g/mol. The molecular formula is C21H40N3O+. The Morgan fingerprint density at radius 2 is 1.80 bits per heavy atom. The number of carbonyl (C=O) groups excluding carboxylic acids is 1. The molecule has 0 radical (unpaired) electrons. The molecule has 0 saturated carbocycles. The van der Waals surface area contributed by atoms with Crippen LogP contribution in [0.25, 0.3) is 0 Å². The highest BCUT2D eigenvalue weighted by atomic mass is 16.1. The van der Waals surface area contributed by atoms with Gasteiger partial charge in [0.25, 0.3) is 0 Å². The number of carbonyl (C=O) groups is 1. The fourth-order valence-electron chi connectivity index (χ4n) is 3.78. The minimum Gasteiger partial charge on any atom is -0.351 e. The summed E-state index contributed by atoms with van der Waals surface area (Å²) in [6.07, 6.45) is 15.0. The van der Waals surface area contributed by atoms with Gasteiger partial charge < -0.3 is 5.32 Å². The molecule has 0 aromatic heterocycles. The van der Waals surface area contributed by atoms with E-state index >= 15 is 0 Å². The van der Waals surface area contributed by atoms with E-state index in [1.165, 1.54) is 63.6 Å². The average Bonchev–Trinajstić information content (AvgIpc) is 2.99. The number of amidine groups is 1. The molecule has 1 N–H and O–H groups in total. The Bertz CT molecular complexity index is 419. The van der Waals surface area contributed by atoms with Crippen molar-refractivity contribution in [2.45, 2.75) is 78.1 Å². The van der Waals surface area contributed by atoms with Crippen LogP contribution < -0.4 is 5.32 Å². The number of aliphatic imine (C=N–C) groups is 1. The molecule has 4 nitrogen and oxygen atoms in total. The number of quaternary nitrogens is 1. The van der Waals surface area contributed by atoms with E-state index in [2.05, 4.69) is 18.8 Å².